The lowest BCUT2D eigenvalue weighted by atomic mass is 10.2. The van der Waals surface area contributed by atoms with Crippen LogP contribution in [0.15, 0.2) is 42.7 Å². The van der Waals surface area contributed by atoms with Gasteiger partial charge in [-0.05, 0) is 19.4 Å². The van der Waals surface area contributed by atoms with Crippen molar-refractivity contribution < 1.29 is 4.79 Å². The van der Waals surface area contributed by atoms with Gasteiger partial charge >= 0.3 is 0 Å². The number of anilines is 2. The molecule has 1 aromatic carbocycles. The highest BCUT2D eigenvalue weighted by atomic mass is 32.1. The van der Waals surface area contributed by atoms with E-state index in [-0.39, 0.29) is 5.91 Å². The topological polar surface area (TPSA) is 74.2 Å². The number of nitrogens with one attached hydrogen (secondary N) is 1. The first kappa shape index (κ1) is 19.5. The Morgan fingerprint density at radius 1 is 1.10 bits per heavy atom. The number of hydrogen-bond acceptors (Lipinski definition) is 7. The molecule has 1 saturated heterocycles. The van der Waals surface area contributed by atoms with E-state index in [4.69, 9.17) is 0 Å². The van der Waals surface area contributed by atoms with Crippen molar-refractivity contribution in [3.05, 3.63) is 63.9 Å². The SMILES string of the molecule is Cc1nc(C)c(C(=O)Nc2cc(N3CCN(Cc4ccccc4)CC3)ncn2)s1. The Labute approximate surface area is 174 Å². The number of benzene rings is 1. The van der Waals surface area contributed by atoms with Crippen LogP contribution in [0.4, 0.5) is 11.6 Å². The van der Waals surface area contributed by atoms with Crippen molar-refractivity contribution in [1.29, 1.82) is 0 Å². The van der Waals surface area contributed by atoms with E-state index in [9.17, 15) is 4.79 Å². The molecule has 0 atom stereocenters. The number of piperazine rings is 1. The lowest BCUT2D eigenvalue weighted by molar-refractivity contribution is 0.102. The Morgan fingerprint density at radius 3 is 2.55 bits per heavy atom. The first-order chi connectivity index (χ1) is 14.1. The highest BCUT2D eigenvalue weighted by Gasteiger charge is 2.19. The third kappa shape index (κ3) is 4.78. The van der Waals surface area contributed by atoms with Crippen molar-refractivity contribution in [3.63, 3.8) is 0 Å². The van der Waals surface area contributed by atoms with Gasteiger partial charge < -0.3 is 10.2 Å². The summed E-state index contributed by atoms with van der Waals surface area (Å²) in [6.45, 7) is 8.44. The molecule has 0 spiro atoms. The molecule has 2 aromatic heterocycles. The van der Waals surface area contributed by atoms with E-state index in [2.05, 4.69) is 54.3 Å². The number of amides is 1. The van der Waals surface area contributed by atoms with Crippen molar-refractivity contribution >= 4 is 28.9 Å². The summed E-state index contributed by atoms with van der Waals surface area (Å²) in [5, 5.41) is 3.76. The zero-order chi connectivity index (χ0) is 20.2. The highest BCUT2D eigenvalue weighted by molar-refractivity contribution is 7.13. The fourth-order valence-electron chi connectivity index (χ4n) is 3.48. The van der Waals surface area contributed by atoms with Crippen LogP contribution < -0.4 is 10.2 Å². The maximum atomic E-state index is 12.5. The molecule has 1 aliphatic heterocycles. The second-order valence-corrected chi connectivity index (χ2v) is 8.31. The molecule has 7 nitrogen and oxygen atoms in total. The standard InChI is InChI=1S/C21H24N6OS/c1-15-20(29-16(2)24-15)21(28)25-18-12-19(23-14-22-18)27-10-8-26(9-11-27)13-17-6-4-3-5-7-17/h3-7,12,14H,8-11,13H2,1-2H3,(H,22,23,25,28). The number of rotatable bonds is 5. The van der Waals surface area contributed by atoms with Gasteiger partial charge in [0.15, 0.2) is 0 Å². The van der Waals surface area contributed by atoms with Crippen molar-refractivity contribution in [1.82, 2.24) is 19.9 Å². The van der Waals surface area contributed by atoms with Gasteiger partial charge in [-0.15, -0.1) is 11.3 Å². The molecule has 29 heavy (non-hydrogen) atoms. The molecule has 0 unspecified atom stereocenters. The van der Waals surface area contributed by atoms with E-state index in [0.29, 0.717) is 10.7 Å². The van der Waals surface area contributed by atoms with Gasteiger partial charge in [-0.25, -0.2) is 15.0 Å². The van der Waals surface area contributed by atoms with Gasteiger partial charge in [0.05, 0.1) is 10.7 Å². The van der Waals surface area contributed by atoms with Crippen LogP contribution >= 0.6 is 11.3 Å². The van der Waals surface area contributed by atoms with Crippen LogP contribution in [0.2, 0.25) is 0 Å². The second kappa shape index (κ2) is 8.67. The zero-order valence-electron chi connectivity index (χ0n) is 16.6. The van der Waals surface area contributed by atoms with Crippen LogP contribution in [0.5, 0.6) is 0 Å². The van der Waals surface area contributed by atoms with Gasteiger partial charge in [-0.2, -0.15) is 0 Å². The lowest BCUT2D eigenvalue weighted by Gasteiger charge is -2.35. The minimum Gasteiger partial charge on any atom is -0.354 e. The summed E-state index contributed by atoms with van der Waals surface area (Å²) in [7, 11) is 0. The van der Waals surface area contributed by atoms with Crippen LogP contribution in [0, 0.1) is 13.8 Å². The Bertz CT molecular complexity index is 982. The van der Waals surface area contributed by atoms with Crippen molar-refractivity contribution in [2.45, 2.75) is 20.4 Å². The summed E-state index contributed by atoms with van der Waals surface area (Å²) in [6, 6.07) is 12.4. The number of carbonyl (C=O) groups is 1. The summed E-state index contributed by atoms with van der Waals surface area (Å²) in [4.78, 5) is 30.8. The molecule has 8 heteroatoms. The molecular weight excluding hydrogens is 384 g/mol. The first-order valence-corrected chi connectivity index (χ1v) is 10.5. The molecule has 0 bridgehead atoms. The van der Waals surface area contributed by atoms with Crippen molar-refractivity contribution in [3.8, 4) is 0 Å². The Morgan fingerprint density at radius 2 is 1.86 bits per heavy atom. The molecule has 0 radical (unpaired) electrons. The van der Waals surface area contributed by atoms with Crippen LogP contribution in [-0.2, 0) is 6.54 Å². The van der Waals surface area contributed by atoms with Gasteiger partial charge in [0, 0.05) is 38.8 Å². The summed E-state index contributed by atoms with van der Waals surface area (Å²) >= 11 is 1.39. The van der Waals surface area contributed by atoms with Crippen LogP contribution in [0.1, 0.15) is 25.9 Å². The zero-order valence-corrected chi connectivity index (χ0v) is 17.4. The minimum atomic E-state index is -0.176. The normalized spacial score (nSPS) is 14.8. The molecule has 4 rings (SSSR count). The number of hydrogen-bond donors (Lipinski definition) is 1. The third-order valence-corrected chi connectivity index (χ3v) is 6.02. The van der Waals surface area contributed by atoms with Gasteiger partial charge in [0.25, 0.3) is 5.91 Å². The molecular formula is C21H24N6OS. The smallest absolute Gasteiger partial charge is 0.268 e. The van der Waals surface area contributed by atoms with Gasteiger partial charge in [-0.1, -0.05) is 30.3 Å². The van der Waals surface area contributed by atoms with Gasteiger partial charge in [-0.3, -0.25) is 9.69 Å². The average Bonchev–Trinajstić information content (AvgIpc) is 3.08. The summed E-state index contributed by atoms with van der Waals surface area (Å²) in [6.07, 6.45) is 1.51. The van der Waals surface area contributed by atoms with Crippen LogP contribution in [-0.4, -0.2) is 51.9 Å². The molecule has 1 fully saturated rings. The third-order valence-electron chi connectivity index (χ3n) is 4.95. The van der Waals surface area contributed by atoms with Gasteiger partial charge in [0.1, 0.15) is 22.8 Å². The fourth-order valence-corrected chi connectivity index (χ4v) is 4.30. The fraction of sp³-hybridized carbons (Fsp3) is 0.333. The van der Waals surface area contributed by atoms with Crippen LogP contribution in [0.25, 0.3) is 0 Å². The molecule has 0 saturated carbocycles. The second-order valence-electron chi connectivity index (χ2n) is 7.11. The number of aryl methyl sites for hydroxylation is 2. The van der Waals surface area contributed by atoms with E-state index >= 15 is 0 Å². The van der Waals surface area contributed by atoms with E-state index in [1.807, 2.05) is 26.0 Å². The Hall–Kier alpha value is -2.84. The molecule has 3 aromatic rings. The summed E-state index contributed by atoms with van der Waals surface area (Å²) in [5.41, 5.74) is 2.08. The summed E-state index contributed by atoms with van der Waals surface area (Å²) < 4.78 is 0. The van der Waals surface area contributed by atoms with Gasteiger partial charge in [0.2, 0.25) is 0 Å². The van der Waals surface area contributed by atoms with E-state index in [0.717, 1.165) is 49.2 Å². The molecule has 3 heterocycles. The monoisotopic (exact) mass is 408 g/mol. The molecule has 150 valence electrons. The molecule has 1 N–H and O–H groups in total. The predicted molar refractivity (Wildman–Crippen MR) is 116 cm³/mol. The lowest BCUT2D eigenvalue weighted by Crippen LogP contribution is -2.46. The molecule has 1 amide bonds. The number of nitrogens with zero attached hydrogens (tertiary/aromatic N) is 5. The van der Waals surface area contributed by atoms with E-state index in [1.54, 1.807) is 0 Å². The molecule has 1 aliphatic rings. The molecule has 0 aliphatic carbocycles. The quantitative estimate of drug-likeness (QED) is 0.699. The maximum Gasteiger partial charge on any atom is 0.268 e. The highest BCUT2D eigenvalue weighted by Crippen LogP contribution is 2.21. The Balaban J connectivity index is 1.37. The predicted octanol–water partition coefficient (Wildman–Crippen LogP) is 3.12. The van der Waals surface area contributed by atoms with E-state index in [1.165, 1.54) is 23.2 Å². The van der Waals surface area contributed by atoms with Crippen LogP contribution in [0.3, 0.4) is 0 Å². The number of aromatic nitrogens is 3. The van der Waals surface area contributed by atoms with Crippen molar-refractivity contribution in [2.24, 2.45) is 0 Å². The van der Waals surface area contributed by atoms with E-state index < -0.39 is 0 Å². The Kier molecular flexibility index (Phi) is 5.82. The summed E-state index contributed by atoms with van der Waals surface area (Å²) in [5.74, 6) is 1.18. The van der Waals surface area contributed by atoms with Crippen molar-refractivity contribution in [2.75, 3.05) is 36.4 Å². The minimum absolute atomic E-state index is 0.176. The number of thiazole rings is 1. The average molecular weight is 409 g/mol. The largest absolute Gasteiger partial charge is 0.354 e. The first-order valence-electron chi connectivity index (χ1n) is 9.67. The maximum absolute atomic E-state index is 12.5. The number of carbonyl (C=O) groups excluding carboxylic acids is 1.